The molecule has 1 nitrogen and oxygen atoms in total. The van der Waals surface area contributed by atoms with Gasteiger partial charge in [0, 0.05) is 0 Å². The molecule has 41 valence electrons. The van der Waals surface area contributed by atoms with E-state index in [0.717, 1.165) is 6.42 Å². The van der Waals surface area contributed by atoms with Crippen LogP contribution in [-0.2, 0) is 4.74 Å². The van der Waals surface area contributed by atoms with Crippen LogP contribution >= 0.6 is 0 Å². The van der Waals surface area contributed by atoms with Gasteiger partial charge in [-0.3, -0.25) is 0 Å². The molecule has 0 bridgehead atoms. The van der Waals surface area contributed by atoms with E-state index in [2.05, 4.69) is 13.8 Å². The Morgan fingerprint density at radius 3 is 2.86 bits per heavy atom. The Balaban J connectivity index is 2.78. The Kier molecular flexibility index (Phi) is 5.18. The van der Waals surface area contributed by atoms with Crippen LogP contribution in [0.3, 0.4) is 0 Å². The molecule has 0 saturated heterocycles. The van der Waals surface area contributed by atoms with E-state index in [0.29, 0.717) is 6.61 Å². The maximum absolute atomic E-state index is 4.78. The predicted octanol–water partition coefficient (Wildman–Crippen LogP) is 1.76. The lowest BCUT2D eigenvalue weighted by Gasteiger charge is -1.88. The summed E-state index contributed by atoms with van der Waals surface area (Å²) >= 11 is 0. The lowest BCUT2D eigenvalue weighted by Crippen LogP contribution is -1.75. The normalized spacial score (nSPS) is 10.0. The van der Waals surface area contributed by atoms with Crippen molar-refractivity contribution in [3.05, 3.63) is 19.3 Å². The second-order valence-corrected chi connectivity index (χ2v) is 1.15. The van der Waals surface area contributed by atoms with Crippen LogP contribution in [-0.4, -0.2) is 6.61 Å². The quantitative estimate of drug-likeness (QED) is 0.490. The highest BCUT2D eigenvalue weighted by Gasteiger charge is 1.65. The molecule has 0 aromatic carbocycles. The first kappa shape index (κ1) is 6.54. The largest absolute Gasteiger partial charge is 0.502 e. The Labute approximate surface area is 45.0 Å². The highest BCUT2D eigenvalue weighted by atomic mass is 16.5. The van der Waals surface area contributed by atoms with Gasteiger partial charge in [0.25, 0.3) is 0 Å². The summed E-state index contributed by atoms with van der Waals surface area (Å²) < 4.78 is 4.78. The van der Waals surface area contributed by atoms with Crippen molar-refractivity contribution in [3.63, 3.8) is 0 Å². The third-order valence-corrected chi connectivity index (χ3v) is 0.546. The first-order valence-corrected chi connectivity index (χ1v) is 2.47. The van der Waals surface area contributed by atoms with Gasteiger partial charge in [0.2, 0.25) is 0 Å². The van der Waals surface area contributed by atoms with Crippen LogP contribution in [0, 0.1) is 6.92 Å². The molecule has 0 aromatic rings. The Hall–Kier alpha value is -0.460. The molecular weight excluding hydrogens is 88.1 g/mol. The van der Waals surface area contributed by atoms with Gasteiger partial charge in [-0.25, -0.2) is 0 Å². The third kappa shape index (κ3) is 5.54. The molecule has 0 atom stereocenters. The Morgan fingerprint density at radius 1 is 1.71 bits per heavy atom. The van der Waals surface area contributed by atoms with Crippen LogP contribution in [0.2, 0.25) is 0 Å². The first-order valence-electron chi connectivity index (χ1n) is 2.47. The van der Waals surface area contributed by atoms with Gasteiger partial charge in [-0.2, -0.15) is 0 Å². The molecule has 0 aliphatic rings. The van der Waals surface area contributed by atoms with Crippen LogP contribution in [0.5, 0.6) is 0 Å². The standard InChI is InChI=1S/C6H11O/c1-3-5-6-7-4-2/h5-6H,2-4H2,1H3/b6-5+. The van der Waals surface area contributed by atoms with Gasteiger partial charge >= 0.3 is 0 Å². The molecule has 0 saturated carbocycles. The zero-order chi connectivity index (χ0) is 5.54. The summed E-state index contributed by atoms with van der Waals surface area (Å²) in [5, 5.41) is 0. The topological polar surface area (TPSA) is 9.23 Å². The molecule has 0 aliphatic heterocycles. The van der Waals surface area contributed by atoms with Gasteiger partial charge in [-0.05, 0) is 13.3 Å². The molecule has 0 N–H and O–H groups in total. The zero-order valence-electron chi connectivity index (χ0n) is 4.68. The second kappa shape index (κ2) is 5.54. The minimum absolute atomic E-state index is 0.524. The second-order valence-electron chi connectivity index (χ2n) is 1.15. The Bertz CT molecular complexity index is 48.1. The van der Waals surface area contributed by atoms with Gasteiger partial charge in [0.05, 0.1) is 12.9 Å². The lowest BCUT2D eigenvalue weighted by molar-refractivity contribution is 0.287. The molecule has 7 heavy (non-hydrogen) atoms. The molecule has 1 radical (unpaired) electrons. The fourth-order valence-electron chi connectivity index (χ4n) is 0.232. The van der Waals surface area contributed by atoms with Crippen molar-refractivity contribution in [3.8, 4) is 0 Å². The summed E-state index contributed by atoms with van der Waals surface area (Å²) in [6.45, 7) is 6.07. The molecule has 0 fully saturated rings. The predicted molar refractivity (Wildman–Crippen MR) is 30.7 cm³/mol. The van der Waals surface area contributed by atoms with Crippen molar-refractivity contribution >= 4 is 0 Å². The Morgan fingerprint density at radius 2 is 2.43 bits per heavy atom. The first-order chi connectivity index (χ1) is 3.41. The summed E-state index contributed by atoms with van der Waals surface area (Å²) in [5.74, 6) is 0. The van der Waals surface area contributed by atoms with Crippen molar-refractivity contribution in [2.75, 3.05) is 6.61 Å². The fraction of sp³-hybridized carbons (Fsp3) is 0.500. The minimum Gasteiger partial charge on any atom is -0.502 e. The molecule has 0 rings (SSSR count). The van der Waals surface area contributed by atoms with Crippen LogP contribution in [0.25, 0.3) is 0 Å². The lowest BCUT2D eigenvalue weighted by atomic mass is 10.5. The molecule has 0 amide bonds. The summed E-state index contributed by atoms with van der Waals surface area (Å²) in [6.07, 6.45) is 4.65. The number of ether oxygens (including phenoxy) is 1. The average Bonchev–Trinajstić information content (AvgIpc) is 1.69. The van der Waals surface area contributed by atoms with Crippen LogP contribution in [0.1, 0.15) is 13.3 Å². The average molecular weight is 99.2 g/mol. The summed E-state index contributed by atoms with van der Waals surface area (Å²) in [6, 6.07) is 0. The van der Waals surface area contributed by atoms with E-state index in [9.17, 15) is 0 Å². The van der Waals surface area contributed by atoms with Gasteiger partial charge < -0.3 is 4.74 Å². The molecule has 0 aromatic heterocycles. The van der Waals surface area contributed by atoms with E-state index in [1.165, 1.54) is 0 Å². The van der Waals surface area contributed by atoms with Crippen LogP contribution in [0.4, 0.5) is 0 Å². The molecule has 0 spiro atoms. The van der Waals surface area contributed by atoms with E-state index in [1.54, 1.807) is 6.26 Å². The summed E-state index contributed by atoms with van der Waals surface area (Å²) in [7, 11) is 0. The van der Waals surface area contributed by atoms with E-state index in [4.69, 9.17) is 4.74 Å². The number of rotatable bonds is 3. The van der Waals surface area contributed by atoms with Crippen molar-refractivity contribution in [1.29, 1.82) is 0 Å². The molecular formula is C6H11O. The van der Waals surface area contributed by atoms with Crippen molar-refractivity contribution < 1.29 is 4.74 Å². The van der Waals surface area contributed by atoms with Crippen LogP contribution in [0.15, 0.2) is 12.3 Å². The molecule has 0 unspecified atom stereocenters. The van der Waals surface area contributed by atoms with Gasteiger partial charge in [-0.1, -0.05) is 13.0 Å². The smallest absolute Gasteiger partial charge is 0.0874 e. The third-order valence-electron chi connectivity index (χ3n) is 0.546. The number of hydrogen-bond donors (Lipinski definition) is 0. The van der Waals surface area contributed by atoms with E-state index >= 15 is 0 Å². The monoisotopic (exact) mass is 99.1 g/mol. The zero-order valence-corrected chi connectivity index (χ0v) is 4.68. The SMILES string of the molecule is [CH2]CO/C=C/CC. The van der Waals surface area contributed by atoms with Crippen molar-refractivity contribution in [2.24, 2.45) is 0 Å². The highest BCUT2D eigenvalue weighted by Crippen LogP contribution is 1.79. The molecule has 0 heterocycles. The fourth-order valence-corrected chi connectivity index (χ4v) is 0.232. The van der Waals surface area contributed by atoms with E-state index in [1.807, 2.05) is 6.08 Å². The van der Waals surface area contributed by atoms with Crippen molar-refractivity contribution in [1.82, 2.24) is 0 Å². The summed E-state index contributed by atoms with van der Waals surface area (Å²) in [4.78, 5) is 0. The highest BCUT2D eigenvalue weighted by molar-refractivity contribution is 4.70. The van der Waals surface area contributed by atoms with Crippen LogP contribution < -0.4 is 0 Å². The summed E-state index contributed by atoms with van der Waals surface area (Å²) in [5.41, 5.74) is 0. The van der Waals surface area contributed by atoms with E-state index < -0.39 is 0 Å². The molecule has 1 heteroatoms. The minimum atomic E-state index is 0.524. The van der Waals surface area contributed by atoms with E-state index in [-0.39, 0.29) is 0 Å². The maximum Gasteiger partial charge on any atom is 0.0874 e. The number of hydrogen-bond acceptors (Lipinski definition) is 1. The molecule has 0 aliphatic carbocycles. The van der Waals surface area contributed by atoms with Crippen molar-refractivity contribution in [2.45, 2.75) is 13.3 Å². The van der Waals surface area contributed by atoms with Gasteiger partial charge in [-0.15, -0.1) is 0 Å². The number of allylic oxidation sites excluding steroid dienone is 1. The maximum atomic E-state index is 4.78. The van der Waals surface area contributed by atoms with Gasteiger partial charge in [0.1, 0.15) is 0 Å². The van der Waals surface area contributed by atoms with Gasteiger partial charge in [0.15, 0.2) is 0 Å².